The molecule has 0 aliphatic heterocycles. The molecule has 0 saturated heterocycles. The third-order valence-electron chi connectivity index (χ3n) is 2.66. The van der Waals surface area contributed by atoms with E-state index in [1.807, 2.05) is 30.3 Å². The quantitative estimate of drug-likeness (QED) is 0.838. The van der Waals surface area contributed by atoms with Crippen LogP contribution >= 0.6 is 0 Å². The normalized spacial score (nSPS) is 10.1. The highest BCUT2D eigenvalue weighted by atomic mass is 16.5. The van der Waals surface area contributed by atoms with Crippen molar-refractivity contribution in [2.75, 3.05) is 0 Å². The Bertz CT molecular complexity index is 547. The van der Waals surface area contributed by atoms with Crippen molar-refractivity contribution in [3.63, 3.8) is 0 Å². The Morgan fingerprint density at radius 2 is 1.94 bits per heavy atom. The van der Waals surface area contributed by atoms with Crippen LogP contribution in [0.4, 0.5) is 0 Å². The van der Waals surface area contributed by atoms with E-state index in [1.54, 1.807) is 13.0 Å². The van der Waals surface area contributed by atoms with Gasteiger partial charge in [-0.25, -0.2) is 0 Å². The van der Waals surface area contributed by atoms with Crippen LogP contribution in [0.15, 0.2) is 42.5 Å². The Kier molecular flexibility index (Phi) is 3.63. The summed E-state index contributed by atoms with van der Waals surface area (Å²) in [6, 6.07) is 12.8. The molecule has 2 aromatic rings. The second-order valence-electron chi connectivity index (χ2n) is 4.08. The van der Waals surface area contributed by atoms with Gasteiger partial charge in [0.05, 0.1) is 0 Å². The Morgan fingerprint density at radius 3 is 2.61 bits per heavy atom. The second-order valence-corrected chi connectivity index (χ2v) is 4.08. The number of benzene rings is 2. The van der Waals surface area contributed by atoms with Crippen LogP contribution in [0.2, 0.25) is 0 Å². The van der Waals surface area contributed by atoms with Crippen LogP contribution in [0.3, 0.4) is 0 Å². The molecule has 0 heterocycles. The first-order valence-electron chi connectivity index (χ1n) is 5.66. The highest BCUT2D eigenvalue weighted by Crippen LogP contribution is 2.31. The van der Waals surface area contributed by atoms with Crippen molar-refractivity contribution in [1.82, 2.24) is 0 Å². The van der Waals surface area contributed by atoms with E-state index >= 15 is 0 Å². The standard InChI is InChI=1S/C15H14O3/c1-11-7-13(9-16)8-14(15(11)17)18-10-12-5-3-2-4-6-12/h2-9,17H,10H2,1H3. The zero-order chi connectivity index (χ0) is 13.0. The van der Waals surface area contributed by atoms with Crippen molar-refractivity contribution in [1.29, 1.82) is 0 Å². The lowest BCUT2D eigenvalue weighted by molar-refractivity contribution is 0.112. The molecule has 0 fully saturated rings. The first kappa shape index (κ1) is 12.2. The zero-order valence-corrected chi connectivity index (χ0v) is 10.1. The Morgan fingerprint density at radius 1 is 1.22 bits per heavy atom. The molecule has 0 atom stereocenters. The minimum atomic E-state index is 0.0801. The van der Waals surface area contributed by atoms with Gasteiger partial charge in [0.25, 0.3) is 0 Å². The van der Waals surface area contributed by atoms with Crippen molar-refractivity contribution in [3.8, 4) is 11.5 Å². The minimum absolute atomic E-state index is 0.0801. The number of ether oxygens (including phenoxy) is 1. The van der Waals surface area contributed by atoms with Crippen LogP contribution < -0.4 is 4.74 Å². The van der Waals surface area contributed by atoms with Crippen molar-refractivity contribution >= 4 is 6.29 Å². The summed E-state index contributed by atoms with van der Waals surface area (Å²) in [4.78, 5) is 10.8. The summed E-state index contributed by atoms with van der Waals surface area (Å²) >= 11 is 0. The summed E-state index contributed by atoms with van der Waals surface area (Å²) in [6.07, 6.45) is 0.738. The molecule has 3 heteroatoms. The Labute approximate surface area is 106 Å². The molecular formula is C15H14O3. The monoisotopic (exact) mass is 242 g/mol. The van der Waals surface area contributed by atoms with Crippen LogP contribution in [-0.4, -0.2) is 11.4 Å². The first-order chi connectivity index (χ1) is 8.70. The number of rotatable bonds is 4. The number of aromatic hydroxyl groups is 1. The lowest BCUT2D eigenvalue weighted by Gasteiger charge is -2.10. The van der Waals surface area contributed by atoms with E-state index in [2.05, 4.69) is 0 Å². The van der Waals surface area contributed by atoms with Crippen molar-refractivity contribution in [2.45, 2.75) is 13.5 Å². The van der Waals surface area contributed by atoms with Crippen molar-refractivity contribution < 1.29 is 14.6 Å². The number of aldehydes is 1. The molecule has 0 radical (unpaired) electrons. The molecule has 3 nitrogen and oxygen atoms in total. The lowest BCUT2D eigenvalue weighted by Crippen LogP contribution is -1.97. The van der Waals surface area contributed by atoms with E-state index in [1.165, 1.54) is 6.07 Å². The molecule has 2 rings (SSSR count). The topological polar surface area (TPSA) is 46.5 Å². The summed E-state index contributed by atoms with van der Waals surface area (Å²) in [5, 5.41) is 9.85. The molecule has 0 amide bonds. The Balaban J connectivity index is 2.19. The molecule has 92 valence electrons. The van der Waals surface area contributed by atoms with Gasteiger partial charge in [-0.3, -0.25) is 4.79 Å². The number of carbonyl (C=O) groups is 1. The van der Waals surface area contributed by atoms with Gasteiger partial charge in [-0.1, -0.05) is 30.3 Å². The van der Waals surface area contributed by atoms with E-state index in [4.69, 9.17) is 4.74 Å². The maximum absolute atomic E-state index is 10.8. The van der Waals surface area contributed by atoms with Crippen LogP contribution in [0.25, 0.3) is 0 Å². The van der Waals surface area contributed by atoms with Crippen molar-refractivity contribution in [2.24, 2.45) is 0 Å². The van der Waals surface area contributed by atoms with E-state index in [0.717, 1.165) is 11.8 Å². The lowest BCUT2D eigenvalue weighted by atomic mass is 10.1. The highest BCUT2D eigenvalue weighted by molar-refractivity contribution is 5.77. The van der Waals surface area contributed by atoms with Crippen molar-refractivity contribution in [3.05, 3.63) is 59.2 Å². The fraction of sp³-hybridized carbons (Fsp3) is 0.133. The number of aryl methyl sites for hydroxylation is 1. The SMILES string of the molecule is Cc1cc(C=O)cc(OCc2ccccc2)c1O. The number of hydrogen-bond acceptors (Lipinski definition) is 3. The van der Waals surface area contributed by atoms with Gasteiger partial charge in [-0.2, -0.15) is 0 Å². The maximum atomic E-state index is 10.8. The third kappa shape index (κ3) is 2.69. The molecule has 0 unspecified atom stereocenters. The van der Waals surface area contributed by atoms with Gasteiger partial charge in [0.2, 0.25) is 0 Å². The zero-order valence-electron chi connectivity index (χ0n) is 10.1. The smallest absolute Gasteiger partial charge is 0.162 e. The molecule has 1 N–H and O–H groups in total. The molecule has 0 aliphatic carbocycles. The molecular weight excluding hydrogens is 228 g/mol. The van der Waals surface area contributed by atoms with Gasteiger partial charge in [0.1, 0.15) is 12.9 Å². The average molecular weight is 242 g/mol. The van der Waals surface area contributed by atoms with Crippen LogP contribution in [0.1, 0.15) is 21.5 Å². The number of carbonyl (C=O) groups excluding carboxylic acids is 1. The minimum Gasteiger partial charge on any atom is -0.504 e. The summed E-state index contributed by atoms with van der Waals surface area (Å²) in [5.41, 5.74) is 2.13. The second kappa shape index (κ2) is 5.36. The van der Waals surface area contributed by atoms with E-state index < -0.39 is 0 Å². The molecule has 0 bridgehead atoms. The average Bonchev–Trinajstić information content (AvgIpc) is 2.41. The largest absolute Gasteiger partial charge is 0.504 e. The highest BCUT2D eigenvalue weighted by Gasteiger charge is 2.08. The van der Waals surface area contributed by atoms with E-state index in [9.17, 15) is 9.90 Å². The number of phenols is 1. The molecule has 18 heavy (non-hydrogen) atoms. The van der Waals surface area contributed by atoms with Gasteiger partial charge in [-0.05, 0) is 30.2 Å². The Hall–Kier alpha value is -2.29. The van der Waals surface area contributed by atoms with Gasteiger partial charge < -0.3 is 9.84 Å². The van der Waals surface area contributed by atoms with Gasteiger partial charge >= 0.3 is 0 Å². The molecule has 0 aromatic heterocycles. The summed E-state index contributed by atoms with van der Waals surface area (Å²) in [6.45, 7) is 2.09. The molecule has 0 saturated carbocycles. The fourth-order valence-electron chi connectivity index (χ4n) is 1.69. The fourth-order valence-corrected chi connectivity index (χ4v) is 1.69. The number of hydrogen-bond donors (Lipinski definition) is 1. The maximum Gasteiger partial charge on any atom is 0.162 e. The summed E-state index contributed by atoms with van der Waals surface area (Å²) in [7, 11) is 0. The third-order valence-corrected chi connectivity index (χ3v) is 2.66. The molecule has 0 spiro atoms. The van der Waals surface area contributed by atoms with Gasteiger partial charge in [0, 0.05) is 5.56 Å². The molecule has 0 aliphatic rings. The van der Waals surface area contributed by atoms with Crippen LogP contribution in [0, 0.1) is 6.92 Å². The van der Waals surface area contributed by atoms with Gasteiger partial charge in [-0.15, -0.1) is 0 Å². The predicted octanol–water partition coefficient (Wildman–Crippen LogP) is 3.09. The van der Waals surface area contributed by atoms with Gasteiger partial charge in [0.15, 0.2) is 11.5 Å². The summed E-state index contributed by atoms with van der Waals surface area (Å²) in [5.74, 6) is 0.414. The van der Waals surface area contributed by atoms with Crippen LogP contribution in [-0.2, 0) is 6.61 Å². The number of phenolic OH excluding ortho intramolecular Hbond substituents is 1. The van der Waals surface area contributed by atoms with E-state index in [-0.39, 0.29) is 5.75 Å². The van der Waals surface area contributed by atoms with Crippen LogP contribution in [0.5, 0.6) is 11.5 Å². The summed E-state index contributed by atoms with van der Waals surface area (Å²) < 4.78 is 5.54. The molecule has 2 aromatic carbocycles. The predicted molar refractivity (Wildman–Crippen MR) is 69.0 cm³/mol. The van der Waals surface area contributed by atoms with E-state index in [0.29, 0.717) is 23.5 Å². The first-order valence-corrected chi connectivity index (χ1v) is 5.66.